The van der Waals surface area contributed by atoms with Crippen molar-refractivity contribution in [2.45, 2.75) is 38.5 Å². The first-order valence-corrected chi connectivity index (χ1v) is 4.71. The summed E-state index contributed by atoms with van der Waals surface area (Å²) in [5, 5.41) is 8.97. The van der Waals surface area contributed by atoms with E-state index < -0.39 is 18.5 Å². The van der Waals surface area contributed by atoms with Gasteiger partial charge in [-0.05, 0) is 26.7 Å². The molecule has 0 aliphatic carbocycles. The Labute approximate surface area is 82.6 Å². The van der Waals surface area contributed by atoms with Crippen LogP contribution in [0.3, 0.4) is 0 Å². The molecule has 0 spiro atoms. The zero-order chi connectivity index (χ0) is 10.8. The lowest BCUT2D eigenvalue weighted by molar-refractivity contribution is -0.0422. The van der Waals surface area contributed by atoms with E-state index in [9.17, 15) is 9.18 Å². The summed E-state index contributed by atoms with van der Waals surface area (Å²) in [5.41, 5.74) is -0.785. The molecule has 1 amide bonds. The van der Waals surface area contributed by atoms with Crippen LogP contribution in [-0.2, 0) is 4.74 Å². The number of nitrogens with zero attached hydrogens (tertiary/aromatic N) is 1. The van der Waals surface area contributed by atoms with Crippen LogP contribution < -0.4 is 0 Å². The molecule has 1 heterocycles. The molecule has 1 fully saturated rings. The molecule has 0 unspecified atom stereocenters. The first-order chi connectivity index (χ1) is 6.49. The van der Waals surface area contributed by atoms with E-state index in [-0.39, 0.29) is 6.04 Å². The smallest absolute Gasteiger partial charge is 0.409 e. The van der Waals surface area contributed by atoms with Gasteiger partial charge in [-0.2, -0.15) is 0 Å². The van der Waals surface area contributed by atoms with E-state index >= 15 is 0 Å². The third-order valence-corrected chi connectivity index (χ3v) is 2.45. The van der Waals surface area contributed by atoms with Crippen LogP contribution in [-0.4, -0.2) is 41.1 Å². The van der Waals surface area contributed by atoms with E-state index in [0.29, 0.717) is 19.4 Å². The SMILES string of the molecule is CC1(C)OC[C@H](CCCF)N1C(=O)O. The third kappa shape index (κ3) is 2.15. The molecule has 0 aromatic carbocycles. The van der Waals surface area contributed by atoms with Gasteiger partial charge >= 0.3 is 6.09 Å². The Morgan fingerprint density at radius 1 is 1.71 bits per heavy atom. The molecule has 82 valence electrons. The second kappa shape index (κ2) is 4.13. The van der Waals surface area contributed by atoms with E-state index in [0.717, 1.165) is 0 Å². The normalized spacial score (nSPS) is 25.4. The summed E-state index contributed by atoms with van der Waals surface area (Å²) >= 11 is 0. The zero-order valence-electron chi connectivity index (χ0n) is 8.49. The van der Waals surface area contributed by atoms with Crippen LogP contribution in [0.4, 0.5) is 9.18 Å². The minimum atomic E-state index is -1.00. The molecule has 1 atom stereocenters. The second-order valence-corrected chi connectivity index (χ2v) is 3.90. The van der Waals surface area contributed by atoms with Crippen molar-refractivity contribution in [3.05, 3.63) is 0 Å². The molecule has 14 heavy (non-hydrogen) atoms. The van der Waals surface area contributed by atoms with Crippen molar-refractivity contribution >= 4 is 6.09 Å². The average molecular weight is 205 g/mol. The summed E-state index contributed by atoms with van der Waals surface area (Å²) in [6, 6.07) is -0.210. The highest BCUT2D eigenvalue weighted by molar-refractivity contribution is 5.66. The predicted octanol–water partition coefficient (Wildman–Crippen LogP) is 1.85. The van der Waals surface area contributed by atoms with E-state index in [1.54, 1.807) is 13.8 Å². The molecule has 0 radical (unpaired) electrons. The molecule has 0 aromatic rings. The quantitative estimate of drug-likeness (QED) is 0.765. The number of rotatable bonds is 3. The van der Waals surface area contributed by atoms with Gasteiger partial charge in [0.15, 0.2) is 0 Å². The van der Waals surface area contributed by atoms with Gasteiger partial charge in [0.2, 0.25) is 0 Å². The maximum absolute atomic E-state index is 12.0. The van der Waals surface area contributed by atoms with Crippen molar-refractivity contribution in [1.82, 2.24) is 4.90 Å². The summed E-state index contributed by atoms with van der Waals surface area (Å²) in [7, 11) is 0. The van der Waals surface area contributed by atoms with Gasteiger partial charge in [-0.3, -0.25) is 9.29 Å². The summed E-state index contributed by atoms with van der Waals surface area (Å²) in [6.45, 7) is 3.36. The molecule has 1 aliphatic rings. The molecule has 1 rings (SSSR count). The van der Waals surface area contributed by atoms with Crippen molar-refractivity contribution in [1.29, 1.82) is 0 Å². The Hall–Kier alpha value is -0.840. The van der Waals surface area contributed by atoms with Crippen LogP contribution in [0.2, 0.25) is 0 Å². The van der Waals surface area contributed by atoms with Crippen LogP contribution >= 0.6 is 0 Å². The highest BCUT2D eigenvalue weighted by atomic mass is 19.1. The standard InChI is InChI=1S/C9H16FNO3/c1-9(2)11(8(12)13)7(6-14-9)4-3-5-10/h7H,3-6H2,1-2H3,(H,12,13)/t7-/m0/s1. The predicted molar refractivity (Wildman–Crippen MR) is 48.9 cm³/mol. The van der Waals surface area contributed by atoms with E-state index in [1.807, 2.05) is 0 Å². The number of alkyl halides is 1. The van der Waals surface area contributed by atoms with Crippen LogP contribution in [0.25, 0.3) is 0 Å². The maximum Gasteiger partial charge on any atom is 0.409 e. The fourth-order valence-corrected chi connectivity index (χ4v) is 1.80. The molecule has 1 aliphatic heterocycles. The Kier molecular flexibility index (Phi) is 3.31. The fourth-order valence-electron chi connectivity index (χ4n) is 1.80. The van der Waals surface area contributed by atoms with Crippen molar-refractivity contribution in [2.24, 2.45) is 0 Å². The molecular formula is C9H16FNO3. The molecule has 0 aromatic heterocycles. The molecule has 0 saturated carbocycles. The van der Waals surface area contributed by atoms with Gasteiger partial charge in [-0.25, -0.2) is 4.79 Å². The van der Waals surface area contributed by atoms with Gasteiger partial charge < -0.3 is 9.84 Å². The van der Waals surface area contributed by atoms with Crippen LogP contribution in [0.5, 0.6) is 0 Å². The van der Waals surface area contributed by atoms with Gasteiger partial charge in [-0.1, -0.05) is 0 Å². The number of carbonyl (C=O) groups is 1. The van der Waals surface area contributed by atoms with Gasteiger partial charge in [0.25, 0.3) is 0 Å². The summed E-state index contributed by atoms with van der Waals surface area (Å²) in [5.74, 6) is 0. The molecule has 4 nitrogen and oxygen atoms in total. The fraction of sp³-hybridized carbons (Fsp3) is 0.889. The number of amides is 1. The Morgan fingerprint density at radius 2 is 2.36 bits per heavy atom. The monoisotopic (exact) mass is 205 g/mol. The largest absolute Gasteiger partial charge is 0.465 e. The lowest BCUT2D eigenvalue weighted by atomic mass is 10.1. The van der Waals surface area contributed by atoms with E-state index in [4.69, 9.17) is 9.84 Å². The molecule has 5 heteroatoms. The van der Waals surface area contributed by atoms with E-state index in [2.05, 4.69) is 0 Å². The first-order valence-electron chi connectivity index (χ1n) is 4.71. The van der Waals surface area contributed by atoms with Gasteiger partial charge in [-0.15, -0.1) is 0 Å². The van der Waals surface area contributed by atoms with Crippen molar-refractivity contribution in [2.75, 3.05) is 13.3 Å². The molecular weight excluding hydrogens is 189 g/mol. The van der Waals surface area contributed by atoms with Crippen molar-refractivity contribution in [3.8, 4) is 0 Å². The number of halogens is 1. The van der Waals surface area contributed by atoms with Gasteiger partial charge in [0, 0.05) is 0 Å². The topological polar surface area (TPSA) is 49.8 Å². The van der Waals surface area contributed by atoms with Gasteiger partial charge in [0.1, 0.15) is 5.72 Å². The van der Waals surface area contributed by atoms with Crippen LogP contribution in [0, 0.1) is 0 Å². The highest BCUT2D eigenvalue weighted by Crippen LogP contribution is 2.29. The maximum atomic E-state index is 12.0. The number of hydrogen-bond acceptors (Lipinski definition) is 2. The van der Waals surface area contributed by atoms with Crippen LogP contribution in [0.1, 0.15) is 26.7 Å². The second-order valence-electron chi connectivity index (χ2n) is 3.90. The third-order valence-electron chi connectivity index (χ3n) is 2.45. The summed E-state index contributed by atoms with van der Waals surface area (Å²) in [4.78, 5) is 12.2. The zero-order valence-corrected chi connectivity index (χ0v) is 8.49. The van der Waals surface area contributed by atoms with Gasteiger partial charge in [0.05, 0.1) is 19.3 Å². The number of hydrogen-bond donors (Lipinski definition) is 1. The minimum Gasteiger partial charge on any atom is -0.465 e. The van der Waals surface area contributed by atoms with E-state index in [1.165, 1.54) is 4.90 Å². The van der Waals surface area contributed by atoms with Crippen LogP contribution in [0.15, 0.2) is 0 Å². The average Bonchev–Trinajstić information content (AvgIpc) is 2.37. The number of ether oxygens (including phenoxy) is 1. The number of carboxylic acid groups (broad SMARTS) is 1. The first kappa shape index (κ1) is 11.2. The molecule has 1 N–H and O–H groups in total. The summed E-state index contributed by atoms with van der Waals surface area (Å²) in [6.07, 6.45) is -0.100. The Morgan fingerprint density at radius 3 is 2.86 bits per heavy atom. The Balaban J connectivity index is 2.64. The minimum absolute atomic E-state index is 0.210. The lowest BCUT2D eigenvalue weighted by Gasteiger charge is -2.30. The summed E-state index contributed by atoms with van der Waals surface area (Å²) < 4.78 is 17.3. The van der Waals surface area contributed by atoms with Crippen molar-refractivity contribution < 1.29 is 19.0 Å². The van der Waals surface area contributed by atoms with Crippen molar-refractivity contribution in [3.63, 3.8) is 0 Å². The lowest BCUT2D eigenvalue weighted by Crippen LogP contribution is -2.47. The Bertz CT molecular complexity index is 220. The highest BCUT2D eigenvalue weighted by Gasteiger charge is 2.43. The molecule has 0 bridgehead atoms. The molecule has 1 saturated heterocycles.